The summed E-state index contributed by atoms with van der Waals surface area (Å²) in [4.78, 5) is 23.8. The summed E-state index contributed by atoms with van der Waals surface area (Å²) in [6.45, 7) is 2.18. The van der Waals surface area contributed by atoms with E-state index in [1.54, 1.807) is 24.3 Å². The van der Waals surface area contributed by atoms with Crippen molar-refractivity contribution in [2.75, 3.05) is 5.32 Å². The maximum absolute atomic E-state index is 12.5. The number of carbonyl (C=O) groups is 2. The van der Waals surface area contributed by atoms with Gasteiger partial charge >= 0.3 is 5.97 Å². The SMILES string of the molecule is Cc1ccc(Cl)c(OCc2cccc(C(=O)Nc3cnn(C)c3C(=O)O)c2)c1. The summed E-state index contributed by atoms with van der Waals surface area (Å²) in [6, 6.07) is 12.4. The van der Waals surface area contributed by atoms with E-state index in [0.29, 0.717) is 16.3 Å². The van der Waals surface area contributed by atoms with Gasteiger partial charge in [-0.1, -0.05) is 29.8 Å². The number of ether oxygens (including phenoxy) is 1. The predicted octanol–water partition coefficient (Wildman–Crippen LogP) is 3.91. The number of rotatable bonds is 6. The van der Waals surface area contributed by atoms with Crippen molar-refractivity contribution in [3.8, 4) is 5.75 Å². The van der Waals surface area contributed by atoms with E-state index in [0.717, 1.165) is 11.1 Å². The van der Waals surface area contributed by atoms with Gasteiger partial charge in [0.1, 0.15) is 12.4 Å². The summed E-state index contributed by atoms with van der Waals surface area (Å²) in [5.41, 5.74) is 2.21. The zero-order valence-electron chi connectivity index (χ0n) is 15.3. The van der Waals surface area contributed by atoms with Crippen molar-refractivity contribution in [1.29, 1.82) is 0 Å². The van der Waals surface area contributed by atoms with E-state index in [1.807, 2.05) is 25.1 Å². The lowest BCUT2D eigenvalue weighted by Crippen LogP contribution is -2.15. The molecule has 8 heteroatoms. The van der Waals surface area contributed by atoms with Gasteiger partial charge in [-0.15, -0.1) is 0 Å². The third kappa shape index (κ3) is 4.32. The summed E-state index contributed by atoms with van der Waals surface area (Å²) < 4.78 is 6.94. The normalized spacial score (nSPS) is 10.5. The smallest absolute Gasteiger partial charge is 0.356 e. The molecule has 0 aliphatic heterocycles. The van der Waals surface area contributed by atoms with Crippen LogP contribution >= 0.6 is 11.6 Å². The van der Waals surface area contributed by atoms with Gasteiger partial charge in [-0.05, 0) is 42.3 Å². The summed E-state index contributed by atoms with van der Waals surface area (Å²) in [6.07, 6.45) is 1.30. The largest absolute Gasteiger partial charge is 0.487 e. The van der Waals surface area contributed by atoms with Crippen LogP contribution in [0.4, 0.5) is 5.69 Å². The van der Waals surface area contributed by atoms with E-state index in [2.05, 4.69) is 10.4 Å². The fraction of sp³-hybridized carbons (Fsp3) is 0.150. The second kappa shape index (κ2) is 8.14. The Hall–Kier alpha value is -3.32. The standard InChI is InChI=1S/C20H18ClN3O4/c1-12-6-7-15(21)17(8-12)28-11-13-4-3-5-14(9-13)19(25)23-16-10-22-24(2)18(16)20(26)27/h3-10H,11H2,1-2H3,(H,23,25)(H,26,27). The van der Waals surface area contributed by atoms with Gasteiger partial charge in [-0.3, -0.25) is 9.48 Å². The van der Waals surface area contributed by atoms with Crippen molar-refractivity contribution in [2.24, 2.45) is 7.05 Å². The number of hydrogen-bond acceptors (Lipinski definition) is 4. The number of amides is 1. The number of aromatic nitrogens is 2. The zero-order chi connectivity index (χ0) is 20.3. The number of halogens is 1. The Bertz CT molecular complexity index is 1050. The van der Waals surface area contributed by atoms with Gasteiger partial charge in [0.15, 0.2) is 5.69 Å². The van der Waals surface area contributed by atoms with Crippen molar-refractivity contribution in [3.05, 3.63) is 76.1 Å². The van der Waals surface area contributed by atoms with Gasteiger partial charge < -0.3 is 15.2 Å². The second-order valence-electron chi connectivity index (χ2n) is 6.21. The minimum atomic E-state index is -1.17. The molecule has 0 radical (unpaired) electrons. The van der Waals surface area contributed by atoms with Crippen molar-refractivity contribution in [3.63, 3.8) is 0 Å². The molecule has 3 aromatic rings. The van der Waals surface area contributed by atoms with Crippen LogP contribution in [0.1, 0.15) is 32.0 Å². The lowest BCUT2D eigenvalue weighted by Gasteiger charge is -2.10. The Kier molecular flexibility index (Phi) is 5.65. The van der Waals surface area contributed by atoms with Crippen LogP contribution in [0.25, 0.3) is 0 Å². The molecule has 0 fully saturated rings. The quantitative estimate of drug-likeness (QED) is 0.655. The van der Waals surface area contributed by atoms with E-state index in [1.165, 1.54) is 17.9 Å². The van der Waals surface area contributed by atoms with Crippen molar-refractivity contribution in [2.45, 2.75) is 13.5 Å². The molecule has 0 spiro atoms. The van der Waals surface area contributed by atoms with Gasteiger partial charge in [0.05, 0.1) is 16.9 Å². The molecule has 2 aromatic carbocycles. The van der Waals surface area contributed by atoms with Crippen LogP contribution in [0.3, 0.4) is 0 Å². The van der Waals surface area contributed by atoms with Crippen molar-refractivity contribution in [1.82, 2.24) is 9.78 Å². The molecule has 0 aliphatic carbocycles. The molecule has 1 amide bonds. The van der Waals surface area contributed by atoms with Crippen LogP contribution in [-0.4, -0.2) is 26.8 Å². The molecule has 0 saturated heterocycles. The fourth-order valence-electron chi connectivity index (χ4n) is 2.66. The summed E-state index contributed by atoms with van der Waals surface area (Å²) in [7, 11) is 1.49. The number of hydrogen-bond donors (Lipinski definition) is 2. The first-order valence-corrected chi connectivity index (χ1v) is 8.77. The molecular weight excluding hydrogens is 382 g/mol. The summed E-state index contributed by atoms with van der Waals surface area (Å²) >= 11 is 6.13. The van der Waals surface area contributed by atoms with Crippen LogP contribution < -0.4 is 10.1 Å². The number of benzene rings is 2. The number of anilines is 1. The van der Waals surface area contributed by atoms with Gasteiger partial charge in [-0.25, -0.2) is 4.79 Å². The second-order valence-corrected chi connectivity index (χ2v) is 6.62. The number of nitrogens with zero attached hydrogens (tertiary/aromatic N) is 2. The molecule has 1 aromatic heterocycles. The Morgan fingerprint density at radius 1 is 1.25 bits per heavy atom. The van der Waals surface area contributed by atoms with E-state index < -0.39 is 11.9 Å². The van der Waals surface area contributed by atoms with Crippen molar-refractivity contribution < 1.29 is 19.4 Å². The van der Waals surface area contributed by atoms with Crippen LogP contribution in [0.2, 0.25) is 5.02 Å². The Labute approximate surface area is 166 Å². The summed E-state index contributed by atoms with van der Waals surface area (Å²) in [5.74, 6) is -1.04. The fourth-order valence-corrected chi connectivity index (χ4v) is 2.83. The number of aryl methyl sites for hydroxylation is 2. The first-order valence-electron chi connectivity index (χ1n) is 8.39. The molecular formula is C20H18ClN3O4. The van der Waals surface area contributed by atoms with E-state index in [-0.39, 0.29) is 18.0 Å². The monoisotopic (exact) mass is 399 g/mol. The number of carbonyl (C=O) groups excluding carboxylic acids is 1. The Morgan fingerprint density at radius 3 is 2.79 bits per heavy atom. The van der Waals surface area contributed by atoms with Crippen LogP contribution in [0, 0.1) is 6.92 Å². The topological polar surface area (TPSA) is 93.5 Å². The van der Waals surface area contributed by atoms with Crippen LogP contribution in [0.15, 0.2) is 48.7 Å². The molecule has 7 nitrogen and oxygen atoms in total. The van der Waals surface area contributed by atoms with Crippen molar-refractivity contribution >= 4 is 29.2 Å². The molecule has 2 N–H and O–H groups in total. The number of carboxylic acids is 1. The molecule has 0 unspecified atom stereocenters. The Morgan fingerprint density at radius 2 is 2.04 bits per heavy atom. The van der Waals surface area contributed by atoms with E-state index in [4.69, 9.17) is 16.3 Å². The minimum Gasteiger partial charge on any atom is -0.487 e. The molecule has 0 atom stereocenters. The van der Waals surface area contributed by atoms with Gasteiger partial charge in [0.2, 0.25) is 0 Å². The average molecular weight is 400 g/mol. The molecule has 0 saturated carbocycles. The lowest BCUT2D eigenvalue weighted by atomic mass is 10.1. The molecule has 3 rings (SSSR count). The highest BCUT2D eigenvalue weighted by Gasteiger charge is 2.18. The van der Waals surface area contributed by atoms with E-state index in [9.17, 15) is 14.7 Å². The number of carboxylic acid groups (broad SMARTS) is 1. The molecule has 144 valence electrons. The van der Waals surface area contributed by atoms with Gasteiger partial charge in [0, 0.05) is 12.6 Å². The average Bonchev–Trinajstić information content (AvgIpc) is 3.03. The maximum atomic E-state index is 12.5. The molecule has 0 bridgehead atoms. The number of aromatic carboxylic acids is 1. The molecule has 1 heterocycles. The molecule has 28 heavy (non-hydrogen) atoms. The van der Waals surface area contributed by atoms with Gasteiger partial charge in [-0.2, -0.15) is 5.10 Å². The summed E-state index contributed by atoms with van der Waals surface area (Å²) in [5, 5.41) is 16.2. The highest BCUT2D eigenvalue weighted by Crippen LogP contribution is 2.26. The molecule has 0 aliphatic rings. The maximum Gasteiger partial charge on any atom is 0.356 e. The zero-order valence-corrected chi connectivity index (χ0v) is 16.0. The third-order valence-electron chi connectivity index (χ3n) is 4.06. The Balaban J connectivity index is 1.73. The van der Waals surface area contributed by atoms with E-state index >= 15 is 0 Å². The highest BCUT2D eigenvalue weighted by atomic mass is 35.5. The third-order valence-corrected chi connectivity index (χ3v) is 4.37. The predicted molar refractivity (Wildman–Crippen MR) is 105 cm³/mol. The first-order chi connectivity index (χ1) is 13.3. The minimum absolute atomic E-state index is 0.0954. The van der Waals surface area contributed by atoms with Crippen LogP contribution in [0.5, 0.6) is 5.75 Å². The van der Waals surface area contributed by atoms with Gasteiger partial charge in [0.25, 0.3) is 5.91 Å². The highest BCUT2D eigenvalue weighted by molar-refractivity contribution is 6.32. The van der Waals surface area contributed by atoms with Crippen LogP contribution in [-0.2, 0) is 13.7 Å². The number of nitrogens with one attached hydrogen (secondary N) is 1. The first kappa shape index (κ1) is 19.4. The lowest BCUT2D eigenvalue weighted by molar-refractivity contribution is 0.0686.